The number of carbonyl (C=O) groups excluding carboxylic acids is 1. The van der Waals surface area contributed by atoms with Gasteiger partial charge in [0.1, 0.15) is 6.04 Å². The van der Waals surface area contributed by atoms with Crippen molar-refractivity contribution in [1.82, 2.24) is 15.0 Å². The Bertz CT molecular complexity index is 1040. The molecule has 3 aromatic rings. The molecule has 1 saturated heterocycles. The molecule has 2 heterocycles. The highest BCUT2D eigenvalue weighted by Crippen LogP contribution is 2.32. The Labute approximate surface area is 186 Å². The second kappa shape index (κ2) is 10.4. The first kappa shape index (κ1) is 22.0. The Morgan fingerprint density at radius 1 is 1.22 bits per heavy atom. The fourth-order valence-corrected chi connectivity index (χ4v) is 3.83. The SMILES string of the molecule is COc1ccc(C(=O)N2CCCCC2c2nc(CCOCc3ccccc3)no2)cc1F. The summed E-state index contributed by atoms with van der Waals surface area (Å²) in [5, 5.41) is 4.06. The second-order valence-corrected chi connectivity index (χ2v) is 7.70. The van der Waals surface area contributed by atoms with Crippen LogP contribution in [-0.4, -0.2) is 41.2 Å². The first-order valence-corrected chi connectivity index (χ1v) is 10.7. The average molecular weight is 439 g/mol. The molecular formula is C24H26FN3O4. The van der Waals surface area contributed by atoms with Crippen LogP contribution in [0.3, 0.4) is 0 Å². The maximum Gasteiger partial charge on any atom is 0.254 e. The van der Waals surface area contributed by atoms with Crippen molar-refractivity contribution in [2.75, 3.05) is 20.3 Å². The number of amides is 1. The molecule has 4 rings (SSSR count). The summed E-state index contributed by atoms with van der Waals surface area (Å²) in [6, 6.07) is 13.8. The van der Waals surface area contributed by atoms with Crippen LogP contribution >= 0.6 is 0 Å². The molecule has 0 saturated carbocycles. The number of carbonyl (C=O) groups is 1. The molecule has 0 spiro atoms. The van der Waals surface area contributed by atoms with Crippen LogP contribution in [0.4, 0.5) is 4.39 Å². The zero-order valence-electron chi connectivity index (χ0n) is 18.0. The Balaban J connectivity index is 1.39. The van der Waals surface area contributed by atoms with Crippen LogP contribution in [-0.2, 0) is 17.8 Å². The van der Waals surface area contributed by atoms with E-state index in [-0.39, 0.29) is 23.3 Å². The number of halogens is 1. The lowest BCUT2D eigenvalue weighted by atomic mass is 10.0. The van der Waals surface area contributed by atoms with Gasteiger partial charge in [-0.05, 0) is 43.0 Å². The Morgan fingerprint density at radius 3 is 2.84 bits per heavy atom. The minimum absolute atomic E-state index is 0.104. The van der Waals surface area contributed by atoms with Crippen LogP contribution in [0.5, 0.6) is 5.75 Å². The molecular weight excluding hydrogens is 413 g/mol. The van der Waals surface area contributed by atoms with Crippen molar-refractivity contribution < 1.29 is 23.2 Å². The van der Waals surface area contributed by atoms with Crippen molar-refractivity contribution in [3.05, 3.63) is 77.2 Å². The van der Waals surface area contributed by atoms with Gasteiger partial charge in [0, 0.05) is 18.5 Å². The average Bonchev–Trinajstić information content (AvgIpc) is 3.31. The van der Waals surface area contributed by atoms with E-state index in [1.54, 1.807) is 11.0 Å². The van der Waals surface area contributed by atoms with Gasteiger partial charge in [-0.15, -0.1) is 0 Å². The van der Waals surface area contributed by atoms with Gasteiger partial charge in [-0.25, -0.2) is 4.39 Å². The standard InChI is InChI=1S/C24H26FN3O4/c1-30-21-11-10-18(15-19(21)25)24(29)28-13-6-5-9-20(28)23-26-22(27-32-23)12-14-31-16-17-7-3-2-4-8-17/h2-4,7-8,10-11,15,20H,5-6,9,12-14,16H2,1H3. The van der Waals surface area contributed by atoms with E-state index < -0.39 is 5.82 Å². The van der Waals surface area contributed by atoms with Crippen LogP contribution in [0.2, 0.25) is 0 Å². The van der Waals surface area contributed by atoms with Crippen LogP contribution in [0.15, 0.2) is 53.1 Å². The summed E-state index contributed by atoms with van der Waals surface area (Å²) < 4.78 is 30.2. The molecule has 168 valence electrons. The number of likely N-dealkylation sites (tertiary alicyclic amines) is 1. The van der Waals surface area contributed by atoms with Crippen LogP contribution in [0, 0.1) is 5.82 Å². The van der Waals surface area contributed by atoms with Gasteiger partial charge in [-0.3, -0.25) is 4.79 Å². The molecule has 7 nitrogen and oxygen atoms in total. The monoisotopic (exact) mass is 439 g/mol. The lowest BCUT2D eigenvalue weighted by Gasteiger charge is -2.33. The number of methoxy groups -OCH3 is 1. The lowest BCUT2D eigenvalue weighted by molar-refractivity contribution is 0.0561. The van der Waals surface area contributed by atoms with E-state index in [1.165, 1.54) is 19.2 Å². The summed E-state index contributed by atoms with van der Waals surface area (Å²) in [4.78, 5) is 19.3. The minimum Gasteiger partial charge on any atom is -0.494 e. The second-order valence-electron chi connectivity index (χ2n) is 7.70. The predicted molar refractivity (Wildman–Crippen MR) is 115 cm³/mol. The van der Waals surface area contributed by atoms with E-state index in [1.807, 2.05) is 30.3 Å². The lowest BCUT2D eigenvalue weighted by Crippen LogP contribution is -2.38. The maximum absolute atomic E-state index is 14.1. The topological polar surface area (TPSA) is 77.7 Å². The highest BCUT2D eigenvalue weighted by atomic mass is 19.1. The molecule has 0 radical (unpaired) electrons. The molecule has 1 aliphatic rings. The van der Waals surface area contributed by atoms with Crippen molar-refractivity contribution >= 4 is 5.91 Å². The van der Waals surface area contributed by atoms with Gasteiger partial charge < -0.3 is 18.9 Å². The van der Waals surface area contributed by atoms with Gasteiger partial charge in [0.05, 0.1) is 20.3 Å². The summed E-state index contributed by atoms with van der Waals surface area (Å²) in [5.74, 6) is 0.226. The molecule has 32 heavy (non-hydrogen) atoms. The smallest absolute Gasteiger partial charge is 0.254 e. The zero-order valence-corrected chi connectivity index (χ0v) is 18.0. The fraction of sp³-hybridized carbons (Fsp3) is 0.375. The number of rotatable bonds is 8. The van der Waals surface area contributed by atoms with Crippen molar-refractivity contribution in [1.29, 1.82) is 0 Å². The normalized spacial score (nSPS) is 16.2. The van der Waals surface area contributed by atoms with Crippen molar-refractivity contribution in [3.8, 4) is 5.75 Å². The molecule has 1 atom stereocenters. The first-order chi connectivity index (χ1) is 15.7. The summed E-state index contributed by atoms with van der Waals surface area (Å²) in [7, 11) is 1.39. The molecule has 0 bridgehead atoms. The van der Waals surface area contributed by atoms with Gasteiger partial charge in [-0.1, -0.05) is 35.5 Å². The predicted octanol–water partition coefficient (Wildman–Crippen LogP) is 4.34. The molecule has 0 N–H and O–H groups in total. The van der Waals surface area contributed by atoms with Gasteiger partial charge in [0.2, 0.25) is 5.89 Å². The van der Waals surface area contributed by atoms with E-state index in [4.69, 9.17) is 14.0 Å². The highest BCUT2D eigenvalue weighted by molar-refractivity contribution is 5.94. The third kappa shape index (κ3) is 5.13. The molecule has 8 heteroatoms. The molecule has 1 unspecified atom stereocenters. The highest BCUT2D eigenvalue weighted by Gasteiger charge is 2.33. The Morgan fingerprint density at radius 2 is 2.06 bits per heavy atom. The van der Waals surface area contributed by atoms with E-state index in [0.717, 1.165) is 24.8 Å². The first-order valence-electron chi connectivity index (χ1n) is 10.7. The number of hydrogen-bond acceptors (Lipinski definition) is 6. The van der Waals surface area contributed by atoms with E-state index in [2.05, 4.69) is 10.1 Å². The Kier molecular flexibility index (Phi) is 7.11. The van der Waals surface area contributed by atoms with Crippen molar-refractivity contribution in [2.24, 2.45) is 0 Å². The van der Waals surface area contributed by atoms with Gasteiger partial charge in [0.25, 0.3) is 5.91 Å². The number of benzene rings is 2. The number of aromatic nitrogens is 2. The van der Waals surface area contributed by atoms with Crippen molar-refractivity contribution in [2.45, 2.75) is 38.3 Å². The zero-order chi connectivity index (χ0) is 22.3. The Hall–Kier alpha value is -3.26. The van der Waals surface area contributed by atoms with Crippen LogP contribution < -0.4 is 4.74 Å². The summed E-state index contributed by atoms with van der Waals surface area (Å²) in [6.45, 7) is 1.54. The number of hydrogen-bond donors (Lipinski definition) is 0. The van der Waals surface area contributed by atoms with E-state index in [0.29, 0.717) is 37.9 Å². The van der Waals surface area contributed by atoms with Gasteiger partial charge >= 0.3 is 0 Å². The molecule has 1 fully saturated rings. The third-order valence-electron chi connectivity index (χ3n) is 5.51. The maximum atomic E-state index is 14.1. The molecule has 2 aromatic carbocycles. The minimum atomic E-state index is -0.567. The molecule has 1 aromatic heterocycles. The summed E-state index contributed by atoms with van der Waals surface area (Å²) in [6.07, 6.45) is 3.05. The fourth-order valence-electron chi connectivity index (χ4n) is 3.83. The van der Waals surface area contributed by atoms with Gasteiger partial charge in [0.15, 0.2) is 17.4 Å². The molecule has 1 amide bonds. The van der Waals surface area contributed by atoms with Crippen molar-refractivity contribution in [3.63, 3.8) is 0 Å². The van der Waals surface area contributed by atoms with Crippen LogP contribution in [0.1, 0.15) is 52.9 Å². The van der Waals surface area contributed by atoms with Gasteiger partial charge in [-0.2, -0.15) is 4.98 Å². The molecule has 1 aliphatic heterocycles. The number of ether oxygens (including phenoxy) is 2. The largest absolute Gasteiger partial charge is 0.494 e. The summed E-state index contributed by atoms with van der Waals surface area (Å²) in [5.41, 5.74) is 1.37. The van der Waals surface area contributed by atoms with E-state index >= 15 is 0 Å². The quantitative estimate of drug-likeness (QED) is 0.486. The number of piperidine rings is 1. The van der Waals surface area contributed by atoms with E-state index in [9.17, 15) is 9.18 Å². The molecule has 0 aliphatic carbocycles. The summed E-state index contributed by atoms with van der Waals surface area (Å²) >= 11 is 0. The number of nitrogens with zero attached hydrogens (tertiary/aromatic N) is 3. The third-order valence-corrected chi connectivity index (χ3v) is 5.51. The van der Waals surface area contributed by atoms with Crippen LogP contribution in [0.25, 0.3) is 0 Å².